The number of rotatable bonds is 5. The van der Waals surface area contributed by atoms with Crippen molar-refractivity contribution in [3.63, 3.8) is 0 Å². The van der Waals surface area contributed by atoms with E-state index in [0.29, 0.717) is 24.6 Å². The van der Waals surface area contributed by atoms with E-state index in [1.54, 1.807) is 0 Å². The number of aryl methyl sites for hydroxylation is 1. The Morgan fingerprint density at radius 1 is 1.40 bits per heavy atom. The van der Waals surface area contributed by atoms with Gasteiger partial charge in [0.15, 0.2) is 5.82 Å². The third-order valence-electron chi connectivity index (χ3n) is 3.02. The van der Waals surface area contributed by atoms with Gasteiger partial charge in [0.05, 0.1) is 0 Å². The normalized spacial score (nSPS) is 10.8. The molecule has 4 nitrogen and oxygen atoms in total. The second-order valence-electron chi connectivity index (χ2n) is 5.04. The number of H-pyrrole nitrogens is 1. The van der Waals surface area contributed by atoms with E-state index in [9.17, 15) is 4.79 Å². The zero-order valence-corrected chi connectivity index (χ0v) is 13.2. The van der Waals surface area contributed by atoms with Gasteiger partial charge in [0.25, 0.3) is 0 Å². The second-order valence-corrected chi connectivity index (χ2v) is 5.96. The van der Waals surface area contributed by atoms with Crippen molar-refractivity contribution in [3.05, 3.63) is 46.1 Å². The van der Waals surface area contributed by atoms with Crippen LogP contribution in [0.5, 0.6) is 0 Å². The Labute approximate surface area is 127 Å². The topological polar surface area (TPSA) is 57.8 Å². The number of amides is 1. The summed E-state index contributed by atoms with van der Waals surface area (Å²) >= 11 is 3.42. The summed E-state index contributed by atoms with van der Waals surface area (Å²) in [7, 11) is 0. The lowest BCUT2D eigenvalue weighted by atomic mass is 10.1. The van der Waals surface area contributed by atoms with E-state index >= 15 is 0 Å². The lowest BCUT2D eigenvalue weighted by Gasteiger charge is -2.03. The molecule has 0 fully saturated rings. The van der Waals surface area contributed by atoms with E-state index in [-0.39, 0.29) is 5.91 Å². The predicted octanol–water partition coefficient (Wildman–Crippen LogP) is 3.87. The molecule has 2 N–H and O–H groups in total. The van der Waals surface area contributed by atoms with Crippen LogP contribution in [0.25, 0.3) is 0 Å². The van der Waals surface area contributed by atoms with E-state index in [0.717, 1.165) is 15.7 Å². The van der Waals surface area contributed by atoms with Crippen LogP contribution in [0, 0.1) is 0 Å². The van der Waals surface area contributed by atoms with Crippen molar-refractivity contribution in [2.45, 2.75) is 32.6 Å². The molecule has 0 bridgehead atoms. The van der Waals surface area contributed by atoms with Crippen molar-refractivity contribution >= 4 is 27.7 Å². The van der Waals surface area contributed by atoms with Crippen molar-refractivity contribution in [2.75, 3.05) is 5.32 Å². The highest BCUT2D eigenvalue weighted by atomic mass is 79.9. The minimum Gasteiger partial charge on any atom is -0.309 e. The Hall–Kier alpha value is -1.62. The molecule has 1 aromatic carbocycles. The van der Waals surface area contributed by atoms with Crippen LogP contribution >= 0.6 is 15.9 Å². The molecule has 0 aliphatic heterocycles. The summed E-state index contributed by atoms with van der Waals surface area (Å²) in [4.78, 5) is 11.9. The molecule has 106 valence electrons. The lowest BCUT2D eigenvalue weighted by Crippen LogP contribution is -2.12. The molecule has 2 rings (SSSR count). The summed E-state index contributed by atoms with van der Waals surface area (Å²) in [5.41, 5.74) is 2.16. The maximum Gasteiger partial charge on any atom is 0.225 e. The molecule has 0 aliphatic carbocycles. The zero-order valence-electron chi connectivity index (χ0n) is 11.6. The van der Waals surface area contributed by atoms with Gasteiger partial charge in [-0.2, -0.15) is 5.10 Å². The molecular weight excluding hydrogens is 318 g/mol. The fourth-order valence-corrected chi connectivity index (χ4v) is 2.30. The zero-order chi connectivity index (χ0) is 14.5. The van der Waals surface area contributed by atoms with Gasteiger partial charge in [0, 0.05) is 22.7 Å². The molecule has 5 heteroatoms. The number of carbonyl (C=O) groups excluding carboxylic acids is 1. The SMILES string of the molecule is CC(C)c1cc(NC(=O)CCc2cccc(Br)c2)n[nH]1. The number of aromatic amines is 1. The number of hydrogen-bond donors (Lipinski definition) is 2. The predicted molar refractivity (Wildman–Crippen MR) is 83.8 cm³/mol. The first-order valence-electron chi connectivity index (χ1n) is 6.64. The van der Waals surface area contributed by atoms with Gasteiger partial charge < -0.3 is 5.32 Å². The van der Waals surface area contributed by atoms with Crippen molar-refractivity contribution in [2.24, 2.45) is 0 Å². The molecule has 0 saturated heterocycles. The van der Waals surface area contributed by atoms with Gasteiger partial charge in [-0.3, -0.25) is 9.89 Å². The van der Waals surface area contributed by atoms with E-state index in [1.165, 1.54) is 0 Å². The van der Waals surface area contributed by atoms with E-state index < -0.39 is 0 Å². The van der Waals surface area contributed by atoms with Crippen molar-refractivity contribution in [3.8, 4) is 0 Å². The molecule has 1 heterocycles. The van der Waals surface area contributed by atoms with Gasteiger partial charge >= 0.3 is 0 Å². The number of carbonyl (C=O) groups is 1. The molecule has 0 saturated carbocycles. The highest BCUT2D eigenvalue weighted by molar-refractivity contribution is 9.10. The molecule has 0 unspecified atom stereocenters. The van der Waals surface area contributed by atoms with Crippen LogP contribution in [-0.2, 0) is 11.2 Å². The fourth-order valence-electron chi connectivity index (χ4n) is 1.85. The molecule has 0 aliphatic rings. The summed E-state index contributed by atoms with van der Waals surface area (Å²) in [6, 6.07) is 9.87. The number of anilines is 1. The highest BCUT2D eigenvalue weighted by Gasteiger charge is 2.08. The van der Waals surface area contributed by atoms with Gasteiger partial charge in [-0.1, -0.05) is 41.9 Å². The standard InChI is InChI=1S/C15H18BrN3O/c1-10(2)13-9-14(19-18-13)17-15(20)7-6-11-4-3-5-12(16)8-11/h3-5,8-10H,6-7H2,1-2H3,(H2,17,18,19,20). The van der Waals surface area contributed by atoms with Gasteiger partial charge in [-0.25, -0.2) is 0 Å². The Kier molecular flexibility index (Phi) is 4.95. The molecule has 1 aromatic heterocycles. The number of halogens is 1. The van der Waals surface area contributed by atoms with E-state index in [1.807, 2.05) is 30.3 Å². The molecule has 0 atom stereocenters. The van der Waals surface area contributed by atoms with Crippen LogP contribution in [0.2, 0.25) is 0 Å². The Morgan fingerprint density at radius 2 is 2.20 bits per heavy atom. The minimum absolute atomic E-state index is 0.0215. The first-order valence-corrected chi connectivity index (χ1v) is 7.43. The molecule has 1 amide bonds. The largest absolute Gasteiger partial charge is 0.309 e. The van der Waals surface area contributed by atoms with Crippen LogP contribution in [0.1, 0.15) is 37.4 Å². The van der Waals surface area contributed by atoms with Gasteiger partial charge in [-0.15, -0.1) is 0 Å². The first kappa shape index (κ1) is 14.8. The van der Waals surface area contributed by atoms with Crippen LogP contribution in [0.3, 0.4) is 0 Å². The number of nitrogens with zero attached hydrogens (tertiary/aromatic N) is 1. The number of nitrogens with one attached hydrogen (secondary N) is 2. The minimum atomic E-state index is -0.0215. The monoisotopic (exact) mass is 335 g/mol. The quantitative estimate of drug-likeness (QED) is 0.871. The smallest absolute Gasteiger partial charge is 0.225 e. The number of hydrogen-bond acceptors (Lipinski definition) is 2. The molecule has 0 radical (unpaired) electrons. The summed E-state index contributed by atoms with van der Waals surface area (Å²) in [6.07, 6.45) is 1.16. The van der Waals surface area contributed by atoms with Crippen molar-refractivity contribution < 1.29 is 4.79 Å². The van der Waals surface area contributed by atoms with Crippen LogP contribution in [0.15, 0.2) is 34.8 Å². The third-order valence-corrected chi connectivity index (χ3v) is 3.51. The molecule has 20 heavy (non-hydrogen) atoms. The maximum atomic E-state index is 11.9. The Morgan fingerprint density at radius 3 is 2.85 bits per heavy atom. The fraction of sp³-hybridized carbons (Fsp3) is 0.333. The average Bonchev–Trinajstić information content (AvgIpc) is 2.85. The van der Waals surface area contributed by atoms with E-state index in [2.05, 4.69) is 45.3 Å². The third kappa shape index (κ3) is 4.20. The van der Waals surface area contributed by atoms with Gasteiger partial charge in [0.2, 0.25) is 5.91 Å². The number of benzene rings is 1. The van der Waals surface area contributed by atoms with Crippen LogP contribution in [0.4, 0.5) is 5.82 Å². The summed E-state index contributed by atoms with van der Waals surface area (Å²) in [5, 5.41) is 9.81. The highest BCUT2D eigenvalue weighted by Crippen LogP contribution is 2.16. The van der Waals surface area contributed by atoms with Crippen molar-refractivity contribution in [1.82, 2.24) is 10.2 Å². The lowest BCUT2D eigenvalue weighted by molar-refractivity contribution is -0.116. The van der Waals surface area contributed by atoms with E-state index in [4.69, 9.17) is 0 Å². The van der Waals surface area contributed by atoms with Crippen LogP contribution in [-0.4, -0.2) is 16.1 Å². The Bertz CT molecular complexity index is 592. The maximum absolute atomic E-state index is 11.9. The number of aromatic nitrogens is 2. The van der Waals surface area contributed by atoms with Crippen molar-refractivity contribution in [1.29, 1.82) is 0 Å². The van der Waals surface area contributed by atoms with Gasteiger partial charge in [-0.05, 0) is 30.0 Å². The summed E-state index contributed by atoms with van der Waals surface area (Å²) in [5.74, 6) is 0.939. The molecular formula is C15H18BrN3O. The molecule has 2 aromatic rings. The summed E-state index contributed by atoms with van der Waals surface area (Å²) < 4.78 is 1.03. The average molecular weight is 336 g/mol. The molecule has 0 spiro atoms. The van der Waals surface area contributed by atoms with Crippen LogP contribution < -0.4 is 5.32 Å². The van der Waals surface area contributed by atoms with Gasteiger partial charge in [0.1, 0.15) is 0 Å². The summed E-state index contributed by atoms with van der Waals surface area (Å²) in [6.45, 7) is 4.15. The Balaban J connectivity index is 1.86. The second kappa shape index (κ2) is 6.70. The first-order chi connectivity index (χ1) is 9.54.